The van der Waals surface area contributed by atoms with Gasteiger partial charge in [-0.2, -0.15) is 13.2 Å². The summed E-state index contributed by atoms with van der Waals surface area (Å²) in [5.41, 5.74) is 0.0153. The molecule has 3 nitrogen and oxygen atoms in total. The first kappa shape index (κ1) is 16.5. The predicted octanol–water partition coefficient (Wildman–Crippen LogP) is 2.84. The van der Waals surface area contributed by atoms with E-state index < -0.39 is 21.6 Å². The van der Waals surface area contributed by atoms with Gasteiger partial charge in [0.2, 0.25) is 0 Å². The number of likely N-dealkylation sites (tertiary alicyclic amines) is 1. The highest BCUT2D eigenvalue weighted by atomic mass is 32.2. The first-order valence-corrected chi connectivity index (χ1v) is 9.26. The van der Waals surface area contributed by atoms with Crippen LogP contribution in [0.3, 0.4) is 0 Å². The summed E-state index contributed by atoms with van der Waals surface area (Å²) in [6, 6.07) is 5.04. The molecule has 0 amide bonds. The second-order valence-electron chi connectivity index (χ2n) is 6.54. The quantitative estimate of drug-likeness (QED) is 0.845. The molecule has 2 saturated heterocycles. The van der Waals surface area contributed by atoms with Crippen LogP contribution in [0.2, 0.25) is 0 Å². The van der Waals surface area contributed by atoms with E-state index in [0.717, 1.165) is 37.2 Å². The molecule has 2 heterocycles. The summed E-state index contributed by atoms with van der Waals surface area (Å²) in [6.45, 7) is 2.33. The Kier molecular flexibility index (Phi) is 4.04. The standard InChI is InChI=1S/C16H18F3NO2S/c17-16(18,19)14-5-3-13(4-6-14)2-1-8-20-9-7-15(10-20)11-23(21,22)12-15/h1-6H,7-12H2. The Morgan fingerprint density at radius 3 is 2.39 bits per heavy atom. The zero-order valence-electron chi connectivity index (χ0n) is 12.5. The van der Waals surface area contributed by atoms with E-state index in [4.69, 9.17) is 0 Å². The van der Waals surface area contributed by atoms with Gasteiger partial charge >= 0.3 is 6.18 Å². The van der Waals surface area contributed by atoms with E-state index in [0.29, 0.717) is 18.1 Å². The van der Waals surface area contributed by atoms with Crippen molar-refractivity contribution in [1.29, 1.82) is 0 Å². The maximum atomic E-state index is 12.5. The highest BCUT2D eigenvalue weighted by molar-refractivity contribution is 7.92. The minimum atomic E-state index is -4.31. The van der Waals surface area contributed by atoms with Gasteiger partial charge in [-0.3, -0.25) is 4.90 Å². The van der Waals surface area contributed by atoms with Gasteiger partial charge in [0.25, 0.3) is 0 Å². The molecule has 0 aliphatic carbocycles. The molecule has 7 heteroatoms. The molecule has 2 aliphatic heterocycles. The number of benzene rings is 1. The fourth-order valence-electron chi connectivity index (χ4n) is 3.43. The molecule has 2 fully saturated rings. The smallest absolute Gasteiger partial charge is 0.299 e. The SMILES string of the molecule is O=S1(=O)CC2(CCN(CC=Cc3ccc(C(F)(F)F)cc3)C2)C1. The third kappa shape index (κ3) is 3.77. The summed E-state index contributed by atoms with van der Waals surface area (Å²) in [4.78, 5) is 2.19. The minimum Gasteiger partial charge on any atom is -0.299 e. The second kappa shape index (κ2) is 5.63. The molecule has 0 saturated carbocycles. The molecule has 1 spiro atoms. The maximum Gasteiger partial charge on any atom is 0.416 e. The summed E-state index contributed by atoms with van der Waals surface area (Å²) >= 11 is 0. The van der Waals surface area contributed by atoms with Gasteiger partial charge in [-0.05, 0) is 30.7 Å². The van der Waals surface area contributed by atoms with Crippen LogP contribution in [0, 0.1) is 5.41 Å². The normalized spacial score (nSPS) is 23.4. The van der Waals surface area contributed by atoms with Gasteiger partial charge in [-0.25, -0.2) is 8.42 Å². The lowest BCUT2D eigenvalue weighted by Crippen LogP contribution is -2.50. The van der Waals surface area contributed by atoms with Crippen molar-refractivity contribution >= 4 is 15.9 Å². The molecule has 0 radical (unpaired) electrons. The van der Waals surface area contributed by atoms with Gasteiger partial charge in [0.15, 0.2) is 9.84 Å². The number of halogens is 3. The zero-order valence-corrected chi connectivity index (χ0v) is 13.3. The molecular formula is C16H18F3NO2S. The molecule has 126 valence electrons. The van der Waals surface area contributed by atoms with Gasteiger partial charge in [-0.1, -0.05) is 24.3 Å². The van der Waals surface area contributed by atoms with E-state index in [-0.39, 0.29) is 5.41 Å². The van der Waals surface area contributed by atoms with Gasteiger partial charge in [0.05, 0.1) is 17.1 Å². The Balaban J connectivity index is 1.52. The lowest BCUT2D eigenvalue weighted by atomic mass is 9.91. The highest BCUT2D eigenvalue weighted by Gasteiger charge is 2.51. The molecule has 0 bridgehead atoms. The van der Waals surface area contributed by atoms with E-state index in [2.05, 4.69) is 4.90 Å². The van der Waals surface area contributed by atoms with Crippen molar-refractivity contribution < 1.29 is 21.6 Å². The number of sulfone groups is 1. The number of nitrogens with zero attached hydrogens (tertiary/aromatic N) is 1. The van der Waals surface area contributed by atoms with Crippen LogP contribution in [0.1, 0.15) is 17.5 Å². The van der Waals surface area contributed by atoms with Crippen LogP contribution in [0.25, 0.3) is 6.08 Å². The molecule has 23 heavy (non-hydrogen) atoms. The lowest BCUT2D eigenvalue weighted by Gasteiger charge is -2.37. The Bertz CT molecular complexity index is 696. The topological polar surface area (TPSA) is 37.4 Å². The highest BCUT2D eigenvalue weighted by Crippen LogP contribution is 2.41. The van der Waals surface area contributed by atoms with Crippen molar-refractivity contribution in [2.75, 3.05) is 31.1 Å². The van der Waals surface area contributed by atoms with E-state index >= 15 is 0 Å². The Labute approximate surface area is 133 Å². The van der Waals surface area contributed by atoms with Crippen molar-refractivity contribution in [1.82, 2.24) is 4.90 Å². The lowest BCUT2D eigenvalue weighted by molar-refractivity contribution is -0.137. The first-order valence-electron chi connectivity index (χ1n) is 7.44. The van der Waals surface area contributed by atoms with Crippen LogP contribution in [-0.2, 0) is 16.0 Å². The third-order valence-electron chi connectivity index (χ3n) is 4.48. The average molecular weight is 345 g/mol. The Morgan fingerprint density at radius 1 is 1.17 bits per heavy atom. The number of alkyl halides is 3. The van der Waals surface area contributed by atoms with Gasteiger partial charge in [0.1, 0.15) is 0 Å². The first-order chi connectivity index (χ1) is 10.7. The summed E-state index contributed by atoms with van der Waals surface area (Å²) in [7, 11) is -2.81. The summed E-state index contributed by atoms with van der Waals surface area (Å²) < 4.78 is 60.1. The fraction of sp³-hybridized carbons (Fsp3) is 0.500. The Morgan fingerprint density at radius 2 is 1.83 bits per heavy atom. The predicted molar refractivity (Wildman–Crippen MR) is 82.6 cm³/mol. The van der Waals surface area contributed by atoms with Crippen LogP contribution >= 0.6 is 0 Å². The van der Waals surface area contributed by atoms with Crippen molar-refractivity contribution in [2.24, 2.45) is 5.41 Å². The Hall–Kier alpha value is -1.34. The molecule has 2 aliphatic rings. The van der Waals surface area contributed by atoms with Gasteiger partial charge in [0, 0.05) is 18.5 Å². The van der Waals surface area contributed by atoms with Crippen molar-refractivity contribution in [3.8, 4) is 0 Å². The van der Waals surface area contributed by atoms with Crippen molar-refractivity contribution in [3.63, 3.8) is 0 Å². The molecule has 0 atom stereocenters. The van der Waals surface area contributed by atoms with Crippen molar-refractivity contribution in [2.45, 2.75) is 12.6 Å². The minimum absolute atomic E-state index is 0.0545. The van der Waals surface area contributed by atoms with E-state index in [1.807, 2.05) is 6.08 Å². The van der Waals surface area contributed by atoms with Crippen LogP contribution in [0.15, 0.2) is 30.3 Å². The van der Waals surface area contributed by atoms with E-state index in [1.54, 1.807) is 6.08 Å². The number of hydrogen-bond acceptors (Lipinski definition) is 3. The molecule has 1 aromatic carbocycles. The number of hydrogen-bond donors (Lipinski definition) is 0. The van der Waals surface area contributed by atoms with Crippen LogP contribution in [0.5, 0.6) is 0 Å². The maximum absolute atomic E-state index is 12.5. The summed E-state index contributed by atoms with van der Waals surface area (Å²) in [5, 5.41) is 0. The van der Waals surface area contributed by atoms with E-state index in [9.17, 15) is 21.6 Å². The molecule has 0 N–H and O–H groups in total. The molecule has 0 aromatic heterocycles. The second-order valence-corrected chi connectivity index (χ2v) is 8.60. The number of rotatable bonds is 3. The van der Waals surface area contributed by atoms with Crippen LogP contribution in [-0.4, -0.2) is 44.5 Å². The molecule has 3 rings (SSSR count). The average Bonchev–Trinajstić information content (AvgIpc) is 2.80. The monoisotopic (exact) mass is 345 g/mol. The van der Waals surface area contributed by atoms with Crippen LogP contribution in [0.4, 0.5) is 13.2 Å². The van der Waals surface area contributed by atoms with Crippen LogP contribution < -0.4 is 0 Å². The molecular weight excluding hydrogens is 327 g/mol. The van der Waals surface area contributed by atoms with E-state index in [1.165, 1.54) is 12.1 Å². The largest absolute Gasteiger partial charge is 0.416 e. The van der Waals surface area contributed by atoms with Gasteiger partial charge in [-0.15, -0.1) is 0 Å². The summed E-state index contributed by atoms with van der Waals surface area (Å²) in [6.07, 6.45) is 0.299. The zero-order chi connectivity index (χ0) is 16.7. The molecule has 1 aromatic rings. The molecule has 0 unspecified atom stereocenters. The van der Waals surface area contributed by atoms with Crippen molar-refractivity contribution in [3.05, 3.63) is 41.5 Å². The van der Waals surface area contributed by atoms with Gasteiger partial charge < -0.3 is 0 Å². The third-order valence-corrected chi connectivity index (χ3v) is 6.59. The fourth-order valence-corrected chi connectivity index (χ4v) is 5.68. The summed E-state index contributed by atoms with van der Waals surface area (Å²) in [5.74, 6) is 0.582.